The zero-order valence-corrected chi connectivity index (χ0v) is 16.7. The Balaban J connectivity index is 1.90. The van der Waals surface area contributed by atoms with Gasteiger partial charge in [-0.3, -0.25) is 4.57 Å². The van der Waals surface area contributed by atoms with E-state index in [9.17, 15) is 4.39 Å². The number of rotatable bonds is 3. The monoisotopic (exact) mass is 402 g/mol. The molecule has 0 amide bonds. The number of hydrogen-bond acceptors (Lipinski definition) is 2. The fourth-order valence-corrected chi connectivity index (χ4v) is 4.52. The van der Waals surface area contributed by atoms with E-state index in [0.29, 0.717) is 21.5 Å². The van der Waals surface area contributed by atoms with E-state index in [4.69, 9.17) is 28.6 Å². The van der Waals surface area contributed by atoms with Crippen LogP contribution in [0.2, 0.25) is 5.02 Å². The van der Waals surface area contributed by atoms with Gasteiger partial charge in [0, 0.05) is 17.3 Å². The highest BCUT2D eigenvalue weighted by Crippen LogP contribution is 2.42. The maximum Gasteiger partial charge on any atom is 0.182 e. The van der Waals surface area contributed by atoms with Crippen LogP contribution in [0.4, 0.5) is 4.39 Å². The maximum atomic E-state index is 13.4. The van der Waals surface area contributed by atoms with Crippen molar-refractivity contribution in [1.29, 1.82) is 0 Å². The van der Waals surface area contributed by atoms with E-state index >= 15 is 0 Å². The lowest BCUT2D eigenvalue weighted by atomic mass is 9.79. The summed E-state index contributed by atoms with van der Waals surface area (Å²) in [5.41, 5.74) is 4.27. The largest absolute Gasteiger partial charge is 0.495 e. The predicted molar refractivity (Wildman–Crippen MR) is 108 cm³/mol. The number of ether oxygens (including phenoxy) is 1. The van der Waals surface area contributed by atoms with Crippen LogP contribution in [0.1, 0.15) is 36.2 Å². The molecule has 2 aromatic carbocycles. The van der Waals surface area contributed by atoms with Gasteiger partial charge in [0.05, 0.1) is 17.8 Å². The molecule has 3 nitrogen and oxygen atoms in total. The zero-order valence-electron chi connectivity index (χ0n) is 15.1. The van der Waals surface area contributed by atoms with Gasteiger partial charge in [0.2, 0.25) is 0 Å². The molecule has 1 N–H and O–H groups in total. The van der Waals surface area contributed by atoms with Crippen LogP contribution in [-0.2, 0) is 6.42 Å². The smallest absolute Gasteiger partial charge is 0.182 e. The molecule has 0 radical (unpaired) electrons. The standard InChI is InChI=1S/C21H20ClFN2OS/c1-12-9-16(13-3-8-17(22)19(11-13)26-2)20-18(10-12)24-21(27)25(20)15-6-4-14(23)5-7-15/h3-8,11-12,16H,9-10H2,1-2H3,(H,24,27). The molecule has 1 aliphatic rings. The Morgan fingerprint density at radius 1 is 1.22 bits per heavy atom. The summed E-state index contributed by atoms with van der Waals surface area (Å²) < 4.78 is 21.5. The van der Waals surface area contributed by atoms with Gasteiger partial charge in [0.1, 0.15) is 11.6 Å². The molecule has 140 valence electrons. The van der Waals surface area contributed by atoms with Crippen LogP contribution in [0.15, 0.2) is 42.5 Å². The lowest BCUT2D eigenvalue weighted by molar-refractivity contribution is 0.412. The molecule has 0 fully saturated rings. The van der Waals surface area contributed by atoms with E-state index in [1.165, 1.54) is 12.1 Å². The van der Waals surface area contributed by atoms with Gasteiger partial charge in [-0.1, -0.05) is 24.6 Å². The van der Waals surface area contributed by atoms with Gasteiger partial charge in [-0.05, 0) is 72.9 Å². The van der Waals surface area contributed by atoms with Crippen molar-refractivity contribution in [2.75, 3.05) is 7.11 Å². The molecule has 3 aromatic rings. The summed E-state index contributed by atoms with van der Waals surface area (Å²) in [7, 11) is 1.62. The summed E-state index contributed by atoms with van der Waals surface area (Å²) in [5, 5.41) is 0.592. The van der Waals surface area contributed by atoms with Crippen molar-refractivity contribution < 1.29 is 9.13 Å². The van der Waals surface area contributed by atoms with E-state index in [1.807, 2.05) is 22.8 Å². The minimum absolute atomic E-state index is 0.146. The first-order chi connectivity index (χ1) is 13.0. The number of nitrogens with one attached hydrogen (secondary N) is 1. The molecule has 0 aliphatic heterocycles. The van der Waals surface area contributed by atoms with Gasteiger partial charge in [-0.15, -0.1) is 0 Å². The van der Waals surface area contributed by atoms with Crippen molar-refractivity contribution in [1.82, 2.24) is 9.55 Å². The van der Waals surface area contributed by atoms with Gasteiger partial charge in [-0.25, -0.2) is 4.39 Å². The highest BCUT2D eigenvalue weighted by Gasteiger charge is 2.31. The van der Waals surface area contributed by atoms with Gasteiger partial charge < -0.3 is 9.72 Å². The third-order valence-corrected chi connectivity index (χ3v) is 5.79. The van der Waals surface area contributed by atoms with E-state index in [0.717, 1.165) is 35.5 Å². The Morgan fingerprint density at radius 3 is 2.67 bits per heavy atom. The fraction of sp³-hybridized carbons (Fsp3) is 0.286. The lowest BCUT2D eigenvalue weighted by Crippen LogP contribution is -2.20. The summed E-state index contributed by atoms with van der Waals surface area (Å²) in [6.45, 7) is 2.25. The minimum Gasteiger partial charge on any atom is -0.495 e. The van der Waals surface area contributed by atoms with Crippen molar-refractivity contribution in [3.05, 3.63) is 75.0 Å². The average Bonchev–Trinajstić information content (AvgIpc) is 2.97. The van der Waals surface area contributed by atoms with Crippen molar-refractivity contribution in [2.24, 2.45) is 5.92 Å². The zero-order chi connectivity index (χ0) is 19.1. The summed E-state index contributed by atoms with van der Waals surface area (Å²) in [5.74, 6) is 1.06. The SMILES string of the molecule is COc1cc(C2CC(C)Cc3[nH]c(=S)n(-c4ccc(F)cc4)c32)ccc1Cl. The predicted octanol–water partition coefficient (Wildman–Crippen LogP) is 6.05. The molecule has 2 unspecified atom stereocenters. The number of methoxy groups -OCH3 is 1. The molecule has 0 saturated carbocycles. The molecule has 0 spiro atoms. The van der Waals surface area contributed by atoms with Crippen LogP contribution in [0.25, 0.3) is 5.69 Å². The van der Waals surface area contributed by atoms with Crippen LogP contribution in [0, 0.1) is 16.5 Å². The first kappa shape index (κ1) is 18.3. The van der Waals surface area contributed by atoms with E-state index < -0.39 is 0 Å². The number of benzene rings is 2. The van der Waals surface area contributed by atoms with Crippen LogP contribution < -0.4 is 4.74 Å². The van der Waals surface area contributed by atoms with Crippen LogP contribution in [0.3, 0.4) is 0 Å². The molecule has 27 heavy (non-hydrogen) atoms. The van der Waals surface area contributed by atoms with Crippen molar-refractivity contribution >= 4 is 23.8 Å². The number of H-pyrrole nitrogens is 1. The highest BCUT2D eigenvalue weighted by molar-refractivity contribution is 7.71. The molecule has 0 bridgehead atoms. The molecule has 1 aromatic heterocycles. The second kappa shape index (κ2) is 7.13. The van der Waals surface area contributed by atoms with Gasteiger partial charge >= 0.3 is 0 Å². The second-order valence-electron chi connectivity index (χ2n) is 7.10. The number of fused-ring (bicyclic) bond motifs is 1. The summed E-state index contributed by atoms with van der Waals surface area (Å²) in [4.78, 5) is 3.38. The minimum atomic E-state index is -0.262. The highest BCUT2D eigenvalue weighted by atomic mass is 35.5. The molecule has 0 saturated heterocycles. The van der Waals surface area contributed by atoms with Crippen LogP contribution in [0.5, 0.6) is 5.75 Å². The van der Waals surface area contributed by atoms with Crippen molar-refractivity contribution in [3.63, 3.8) is 0 Å². The Kier molecular flexibility index (Phi) is 4.82. The van der Waals surface area contributed by atoms with E-state index in [1.54, 1.807) is 19.2 Å². The number of hydrogen-bond donors (Lipinski definition) is 1. The van der Waals surface area contributed by atoms with E-state index in [-0.39, 0.29) is 11.7 Å². The maximum absolute atomic E-state index is 13.4. The Morgan fingerprint density at radius 2 is 1.96 bits per heavy atom. The Labute approximate surface area is 167 Å². The molecule has 4 rings (SSSR count). The summed E-state index contributed by atoms with van der Waals surface area (Å²) in [6.07, 6.45) is 1.93. The van der Waals surface area contributed by atoms with E-state index in [2.05, 4.69) is 11.9 Å². The van der Waals surface area contributed by atoms with Crippen LogP contribution in [-0.4, -0.2) is 16.7 Å². The molecular weight excluding hydrogens is 383 g/mol. The molecule has 6 heteroatoms. The summed E-state index contributed by atoms with van der Waals surface area (Å²) in [6, 6.07) is 12.4. The molecule has 1 aliphatic carbocycles. The molecule has 2 atom stereocenters. The number of aromatic nitrogens is 2. The first-order valence-corrected chi connectivity index (χ1v) is 9.69. The number of nitrogens with zero attached hydrogens (tertiary/aromatic N) is 1. The normalized spacial score (nSPS) is 19.0. The third-order valence-electron chi connectivity index (χ3n) is 5.19. The second-order valence-corrected chi connectivity index (χ2v) is 7.89. The van der Waals surface area contributed by atoms with Crippen molar-refractivity contribution in [2.45, 2.75) is 25.7 Å². The summed E-state index contributed by atoms with van der Waals surface area (Å²) >= 11 is 11.8. The lowest BCUT2D eigenvalue weighted by Gasteiger charge is -2.29. The average molecular weight is 403 g/mol. The van der Waals surface area contributed by atoms with Crippen molar-refractivity contribution in [3.8, 4) is 11.4 Å². The molecule has 1 heterocycles. The van der Waals surface area contributed by atoms with Gasteiger partial charge in [0.15, 0.2) is 4.77 Å². The Hall–Kier alpha value is -2.11. The molecular formula is C21H20ClFN2OS. The topological polar surface area (TPSA) is 29.9 Å². The number of imidazole rings is 1. The number of aromatic amines is 1. The Bertz CT molecular complexity index is 1040. The first-order valence-electron chi connectivity index (χ1n) is 8.91. The number of halogens is 2. The third kappa shape index (κ3) is 3.30. The van der Waals surface area contributed by atoms with Crippen LogP contribution >= 0.6 is 23.8 Å². The van der Waals surface area contributed by atoms with Gasteiger partial charge in [0.25, 0.3) is 0 Å². The van der Waals surface area contributed by atoms with Gasteiger partial charge in [-0.2, -0.15) is 0 Å². The quantitative estimate of drug-likeness (QED) is 0.540. The fourth-order valence-electron chi connectivity index (χ4n) is 3.99.